The van der Waals surface area contributed by atoms with Crippen LogP contribution in [0.2, 0.25) is 0 Å². The summed E-state index contributed by atoms with van der Waals surface area (Å²) in [6.45, 7) is 1.58. The predicted octanol–water partition coefficient (Wildman–Crippen LogP) is 1.36. The molecule has 2 unspecified atom stereocenters. The fourth-order valence-corrected chi connectivity index (χ4v) is 2.74. The van der Waals surface area contributed by atoms with Crippen molar-refractivity contribution in [2.75, 3.05) is 13.2 Å². The minimum absolute atomic E-state index is 0.0202. The first kappa shape index (κ1) is 10.7. The maximum atomic E-state index is 11.0. The van der Waals surface area contributed by atoms with Crippen LogP contribution in [0.4, 0.5) is 0 Å². The number of nitrogens with one attached hydrogen (secondary N) is 1. The molecule has 0 radical (unpaired) electrons. The van der Waals surface area contributed by atoms with Crippen molar-refractivity contribution in [3.05, 3.63) is 34.9 Å². The van der Waals surface area contributed by atoms with Crippen LogP contribution in [-0.4, -0.2) is 30.3 Å². The normalized spacial score (nSPS) is 27.1. The summed E-state index contributed by atoms with van der Waals surface area (Å²) in [4.78, 5) is 11.0. The van der Waals surface area contributed by atoms with E-state index in [4.69, 9.17) is 9.84 Å². The van der Waals surface area contributed by atoms with E-state index in [1.165, 1.54) is 5.56 Å². The van der Waals surface area contributed by atoms with E-state index < -0.39 is 5.97 Å². The number of carbonyl (C=O) groups is 1. The first-order chi connectivity index (χ1) is 8.25. The van der Waals surface area contributed by atoms with Gasteiger partial charge in [0.15, 0.2) is 0 Å². The van der Waals surface area contributed by atoms with Gasteiger partial charge in [-0.2, -0.15) is 0 Å². The molecule has 0 aromatic heterocycles. The molecule has 2 aliphatic rings. The van der Waals surface area contributed by atoms with Crippen molar-refractivity contribution in [1.29, 1.82) is 0 Å². The summed E-state index contributed by atoms with van der Waals surface area (Å²) < 4.78 is 5.79. The fraction of sp³-hybridized carbons (Fsp3) is 0.462. The van der Waals surface area contributed by atoms with Gasteiger partial charge in [0.25, 0.3) is 0 Å². The topological polar surface area (TPSA) is 58.6 Å². The van der Waals surface area contributed by atoms with E-state index in [-0.39, 0.29) is 6.10 Å². The first-order valence-corrected chi connectivity index (χ1v) is 5.97. The van der Waals surface area contributed by atoms with Crippen molar-refractivity contribution in [3.8, 4) is 0 Å². The number of carboxylic acids is 1. The first-order valence-electron chi connectivity index (χ1n) is 5.97. The van der Waals surface area contributed by atoms with Gasteiger partial charge in [-0.25, -0.2) is 4.79 Å². The number of hydrogen-bond acceptors (Lipinski definition) is 3. The second kappa shape index (κ2) is 4.13. The molecule has 0 bridgehead atoms. The minimum Gasteiger partial charge on any atom is -0.478 e. The Balaban J connectivity index is 2.01. The summed E-state index contributed by atoms with van der Waals surface area (Å²) >= 11 is 0. The maximum absolute atomic E-state index is 11.0. The molecule has 1 aromatic carbocycles. The van der Waals surface area contributed by atoms with Crippen molar-refractivity contribution >= 4 is 5.97 Å². The van der Waals surface area contributed by atoms with Crippen molar-refractivity contribution in [2.45, 2.75) is 25.0 Å². The third-order valence-electron chi connectivity index (χ3n) is 3.60. The summed E-state index contributed by atoms with van der Waals surface area (Å²) in [5.41, 5.74) is 2.62. The highest BCUT2D eigenvalue weighted by molar-refractivity contribution is 5.88. The highest BCUT2D eigenvalue weighted by Crippen LogP contribution is 2.34. The number of aryl methyl sites for hydroxylation is 1. The Hall–Kier alpha value is -1.39. The minimum atomic E-state index is -0.876. The summed E-state index contributed by atoms with van der Waals surface area (Å²) in [5.74, 6) is -0.876. The SMILES string of the molecule is O=C(O)c1ccc2c(c1)C1OCCNC1CC2. The average molecular weight is 233 g/mol. The van der Waals surface area contributed by atoms with Crippen LogP contribution in [0.3, 0.4) is 0 Å². The molecular formula is C13H15NO3. The van der Waals surface area contributed by atoms with Crippen molar-refractivity contribution in [2.24, 2.45) is 0 Å². The van der Waals surface area contributed by atoms with Gasteiger partial charge in [0.1, 0.15) is 0 Å². The molecule has 4 heteroatoms. The Labute approximate surface area is 99.6 Å². The molecule has 0 spiro atoms. The molecular weight excluding hydrogens is 218 g/mol. The monoisotopic (exact) mass is 233 g/mol. The smallest absolute Gasteiger partial charge is 0.335 e. The number of morpholine rings is 1. The molecule has 1 aliphatic heterocycles. The van der Waals surface area contributed by atoms with E-state index in [2.05, 4.69) is 5.32 Å². The Morgan fingerprint density at radius 1 is 1.47 bits per heavy atom. The lowest BCUT2D eigenvalue weighted by Gasteiger charge is -2.37. The Morgan fingerprint density at radius 2 is 2.35 bits per heavy atom. The van der Waals surface area contributed by atoms with E-state index in [1.54, 1.807) is 12.1 Å². The fourth-order valence-electron chi connectivity index (χ4n) is 2.74. The molecule has 4 nitrogen and oxygen atoms in total. The molecule has 1 aromatic rings. The highest BCUT2D eigenvalue weighted by Gasteiger charge is 2.32. The second-order valence-corrected chi connectivity index (χ2v) is 4.61. The van der Waals surface area contributed by atoms with Gasteiger partial charge in [0.05, 0.1) is 18.3 Å². The lowest BCUT2D eigenvalue weighted by molar-refractivity contribution is -0.0127. The van der Waals surface area contributed by atoms with Crippen LogP contribution in [0.5, 0.6) is 0 Å². The largest absolute Gasteiger partial charge is 0.478 e. The van der Waals surface area contributed by atoms with Crippen LogP contribution in [0.25, 0.3) is 0 Å². The second-order valence-electron chi connectivity index (χ2n) is 4.61. The average Bonchev–Trinajstić information content (AvgIpc) is 2.38. The van der Waals surface area contributed by atoms with E-state index in [9.17, 15) is 4.79 Å². The van der Waals surface area contributed by atoms with Crippen LogP contribution in [0, 0.1) is 0 Å². The highest BCUT2D eigenvalue weighted by atomic mass is 16.5. The number of aromatic carboxylic acids is 1. The number of hydrogen-bond donors (Lipinski definition) is 2. The lowest BCUT2D eigenvalue weighted by atomic mass is 9.84. The Morgan fingerprint density at radius 3 is 3.18 bits per heavy atom. The van der Waals surface area contributed by atoms with Gasteiger partial charge in [-0.05, 0) is 36.1 Å². The van der Waals surface area contributed by atoms with Gasteiger partial charge < -0.3 is 15.2 Å². The lowest BCUT2D eigenvalue weighted by Crippen LogP contribution is -2.45. The van der Waals surface area contributed by atoms with Crippen LogP contribution in [0.1, 0.15) is 34.0 Å². The zero-order chi connectivity index (χ0) is 11.8. The summed E-state index contributed by atoms with van der Waals surface area (Å²) in [6, 6.07) is 5.70. The van der Waals surface area contributed by atoms with Crippen molar-refractivity contribution in [3.63, 3.8) is 0 Å². The van der Waals surface area contributed by atoms with Crippen molar-refractivity contribution in [1.82, 2.24) is 5.32 Å². The van der Waals surface area contributed by atoms with E-state index in [0.717, 1.165) is 24.9 Å². The van der Waals surface area contributed by atoms with E-state index >= 15 is 0 Å². The van der Waals surface area contributed by atoms with Crippen LogP contribution < -0.4 is 5.32 Å². The number of benzene rings is 1. The molecule has 3 rings (SSSR count). The van der Waals surface area contributed by atoms with Gasteiger partial charge in [-0.1, -0.05) is 6.07 Å². The van der Waals surface area contributed by atoms with Crippen LogP contribution in [0.15, 0.2) is 18.2 Å². The molecule has 1 aliphatic carbocycles. The number of rotatable bonds is 1. The van der Waals surface area contributed by atoms with Gasteiger partial charge in [0, 0.05) is 12.6 Å². The number of carboxylic acid groups (broad SMARTS) is 1. The molecule has 90 valence electrons. The van der Waals surface area contributed by atoms with Gasteiger partial charge in [-0.3, -0.25) is 0 Å². The van der Waals surface area contributed by atoms with Gasteiger partial charge >= 0.3 is 5.97 Å². The Bertz CT molecular complexity index is 458. The molecule has 2 N–H and O–H groups in total. The third-order valence-corrected chi connectivity index (χ3v) is 3.60. The van der Waals surface area contributed by atoms with Crippen molar-refractivity contribution < 1.29 is 14.6 Å². The quantitative estimate of drug-likeness (QED) is 0.769. The Kier molecular flexibility index (Phi) is 2.61. The van der Waals surface area contributed by atoms with E-state index in [0.29, 0.717) is 18.2 Å². The summed E-state index contributed by atoms with van der Waals surface area (Å²) in [6.07, 6.45) is 2.07. The summed E-state index contributed by atoms with van der Waals surface area (Å²) in [7, 11) is 0. The summed E-state index contributed by atoms with van der Waals surface area (Å²) in [5, 5.41) is 12.5. The van der Waals surface area contributed by atoms with Crippen LogP contribution >= 0.6 is 0 Å². The molecule has 0 saturated carbocycles. The van der Waals surface area contributed by atoms with Crippen LogP contribution in [-0.2, 0) is 11.2 Å². The number of fused-ring (bicyclic) bond motifs is 3. The zero-order valence-corrected chi connectivity index (χ0v) is 9.48. The molecule has 1 saturated heterocycles. The van der Waals surface area contributed by atoms with Gasteiger partial charge in [0.2, 0.25) is 0 Å². The predicted molar refractivity (Wildman–Crippen MR) is 62.2 cm³/mol. The third kappa shape index (κ3) is 1.83. The standard InChI is InChI=1S/C13H15NO3/c15-13(16)9-2-1-8-3-4-11-12(10(8)7-9)17-6-5-14-11/h1-2,7,11-12,14H,3-6H2,(H,15,16). The van der Waals surface area contributed by atoms with Gasteiger partial charge in [-0.15, -0.1) is 0 Å². The molecule has 1 fully saturated rings. The molecule has 1 heterocycles. The molecule has 0 amide bonds. The van der Waals surface area contributed by atoms with E-state index in [1.807, 2.05) is 6.07 Å². The molecule has 17 heavy (non-hydrogen) atoms. The number of ether oxygens (including phenoxy) is 1. The molecule has 2 atom stereocenters. The zero-order valence-electron chi connectivity index (χ0n) is 9.48. The maximum Gasteiger partial charge on any atom is 0.335 e.